The Kier molecular flexibility index (Phi) is 5.85. The number of rotatable bonds is 6. The third-order valence-corrected chi connectivity index (χ3v) is 3.84. The zero-order valence-electron chi connectivity index (χ0n) is 12.2. The van der Waals surface area contributed by atoms with Crippen LogP contribution in [-0.2, 0) is 9.59 Å². The number of carbonyl (C=O) groups is 2. The molecule has 0 aliphatic carbocycles. The lowest BCUT2D eigenvalue weighted by Gasteiger charge is -2.04. The highest BCUT2D eigenvalue weighted by molar-refractivity contribution is 7.12. The summed E-state index contributed by atoms with van der Waals surface area (Å²) in [6.07, 6.45) is 0.216. The van der Waals surface area contributed by atoms with E-state index in [0.717, 1.165) is 16.3 Å². The Labute approximate surface area is 133 Å². The standard InChI is InChI=1S/C16H17N3O2S/c1-12(14-8-5-11-22-14)18-19-16(21)10-9-15(20)17-13-6-3-2-4-7-13/h2-8,11H,9-10H2,1H3,(H,17,20)(H,19,21). The molecule has 2 amide bonds. The molecular weight excluding hydrogens is 298 g/mol. The van der Waals surface area contributed by atoms with Gasteiger partial charge in [0.1, 0.15) is 0 Å². The SMILES string of the molecule is CC(=NNC(=O)CCC(=O)Nc1ccccc1)c1cccs1. The van der Waals surface area contributed by atoms with Gasteiger partial charge in [0, 0.05) is 23.4 Å². The third kappa shape index (κ3) is 5.14. The van der Waals surface area contributed by atoms with Gasteiger partial charge < -0.3 is 5.32 Å². The maximum Gasteiger partial charge on any atom is 0.240 e. The van der Waals surface area contributed by atoms with Crippen LogP contribution in [0.1, 0.15) is 24.6 Å². The lowest BCUT2D eigenvalue weighted by Crippen LogP contribution is -2.21. The van der Waals surface area contributed by atoms with Crippen molar-refractivity contribution in [3.63, 3.8) is 0 Å². The third-order valence-electron chi connectivity index (χ3n) is 2.86. The highest BCUT2D eigenvalue weighted by Gasteiger charge is 2.07. The number of benzene rings is 1. The van der Waals surface area contributed by atoms with Crippen molar-refractivity contribution < 1.29 is 9.59 Å². The van der Waals surface area contributed by atoms with Gasteiger partial charge in [-0.1, -0.05) is 24.3 Å². The Bertz CT molecular complexity index is 651. The van der Waals surface area contributed by atoms with Gasteiger partial charge in [0.15, 0.2) is 0 Å². The Morgan fingerprint density at radius 2 is 1.77 bits per heavy atom. The van der Waals surface area contributed by atoms with E-state index in [9.17, 15) is 9.59 Å². The van der Waals surface area contributed by atoms with Crippen LogP contribution in [0, 0.1) is 0 Å². The Morgan fingerprint density at radius 3 is 2.45 bits per heavy atom. The number of amides is 2. The van der Waals surface area contributed by atoms with Crippen molar-refractivity contribution >= 4 is 34.6 Å². The normalized spacial score (nSPS) is 11.0. The van der Waals surface area contributed by atoms with Gasteiger partial charge in [-0.15, -0.1) is 11.3 Å². The van der Waals surface area contributed by atoms with Gasteiger partial charge in [0.05, 0.1) is 5.71 Å². The van der Waals surface area contributed by atoms with Gasteiger partial charge in [-0.05, 0) is 30.5 Å². The average Bonchev–Trinajstić information content (AvgIpc) is 3.06. The van der Waals surface area contributed by atoms with Crippen molar-refractivity contribution in [3.8, 4) is 0 Å². The molecule has 0 atom stereocenters. The molecule has 0 saturated carbocycles. The number of hydrogen-bond donors (Lipinski definition) is 2. The van der Waals surface area contributed by atoms with Crippen molar-refractivity contribution in [2.24, 2.45) is 5.10 Å². The number of nitrogens with zero attached hydrogens (tertiary/aromatic N) is 1. The first-order valence-corrected chi connectivity index (χ1v) is 7.75. The second-order valence-corrected chi connectivity index (χ2v) is 5.57. The number of thiophene rings is 1. The van der Waals surface area contributed by atoms with Crippen LogP contribution in [0.4, 0.5) is 5.69 Å². The highest BCUT2D eigenvalue weighted by atomic mass is 32.1. The van der Waals surface area contributed by atoms with Crippen molar-refractivity contribution in [3.05, 3.63) is 52.7 Å². The molecule has 0 saturated heterocycles. The summed E-state index contributed by atoms with van der Waals surface area (Å²) in [7, 11) is 0. The topological polar surface area (TPSA) is 70.6 Å². The predicted octanol–water partition coefficient (Wildman–Crippen LogP) is 3.01. The van der Waals surface area contributed by atoms with E-state index >= 15 is 0 Å². The summed E-state index contributed by atoms with van der Waals surface area (Å²) in [6, 6.07) is 13.0. The fourth-order valence-corrected chi connectivity index (χ4v) is 2.39. The van der Waals surface area contributed by atoms with E-state index in [4.69, 9.17) is 0 Å². The van der Waals surface area contributed by atoms with E-state index in [2.05, 4.69) is 15.8 Å². The van der Waals surface area contributed by atoms with E-state index in [0.29, 0.717) is 0 Å². The van der Waals surface area contributed by atoms with E-state index < -0.39 is 0 Å². The predicted molar refractivity (Wildman–Crippen MR) is 89.0 cm³/mol. The van der Waals surface area contributed by atoms with E-state index in [1.54, 1.807) is 23.5 Å². The molecule has 0 radical (unpaired) electrons. The quantitative estimate of drug-likeness (QED) is 0.635. The molecule has 0 spiro atoms. The first-order valence-electron chi connectivity index (χ1n) is 6.87. The molecule has 1 aromatic heterocycles. The van der Waals surface area contributed by atoms with Crippen LogP contribution in [-0.4, -0.2) is 17.5 Å². The molecule has 5 nitrogen and oxygen atoms in total. The Hall–Kier alpha value is -2.47. The summed E-state index contributed by atoms with van der Waals surface area (Å²) in [5, 5.41) is 8.70. The van der Waals surface area contributed by atoms with Crippen molar-refractivity contribution in [2.45, 2.75) is 19.8 Å². The van der Waals surface area contributed by atoms with Crippen LogP contribution >= 0.6 is 11.3 Å². The minimum atomic E-state index is -0.279. The number of hydrogen-bond acceptors (Lipinski definition) is 4. The number of nitrogens with one attached hydrogen (secondary N) is 2. The fourth-order valence-electron chi connectivity index (χ4n) is 1.71. The van der Waals surface area contributed by atoms with Gasteiger partial charge in [-0.3, -0.25) is 9.59 Å². The molecule has 0 fully saturated rings. The second-order valence-electron chi connectivity index (χ2n) is 4.62. The molecule has 0 unspecified atom stereocenters. The minimum Gasteiger partial charge on any atom is -0.326 e. The van der Waals surface area contributed by atoms with Crippen LogP contribution in [0.25, 0.3) is 0 Å². The smallest absolute Gasteiger partial charge is 0.240 e. The van der Waals surface area contributed by atoms with Crippen LogP contribution < -0.4 is 10.7 Å². The molecule has 0 aliphatic heterocycles. The molecule has 6 heteroatoms. The summed E-state index contributed by atoms with van der Waals surface area (Å²) in [4.78, 5) is 24.4. The molecule has 0 bridgehead atoms. The molecule has 2 N–H and O–H groups in total. The van der Waals surface area contributed by atoms with Crippen LogP contribution in [0.5, 0.6) is 0 Å². The maximum atomic E-state index is 11.7. The monoisotopic (exact) mass is 315 g/mol. The minimum absolute atomic E-state index is 0.0971. The summed E-state index contributed by atoms with van der Waals surface area (Å²) in [5.74, 6) is -0.473. The van der Waals surface area contributed by atoms with Crippen molar-refractivity contribution in [2.75, 3.05) is 5.32 Å². The lowest BCUT2D eigenvalue weighted by atomic mass is 10.2. The molecule has 114 valence electrons. The Morgan fingerprint density at radius 1 is 1.05 bits per heavy atom. The number of para-hydroxylation sites is 1. The van der Waals surface area contributed by atoms with Gasteiger partial charge in [0.2, 0.25) is 11.8 Å². The van der Waals surface area contributed by atoms with Crippen molar-refractivity contribution in [1.82, 2.24) is 5.43 Å². The summed E-state index contributed by atoms with van der Waals surface area (Å²) < 4.78 is 0. The van der Waals surface area contributed by atoms with Crippen LogP contribution in [0.15, 0.2) is 52.9 Å². The number of anilines is 1. The second kappa shape index (κ2) is 8.09. The molecule has 22 heavy (non-hydrogen) atoms. The van der Waals surface area contributed by atoms with Crippen LogP contribution in [0.3, 0.4) is 0 Å². The molecule has 2 aromatic rings. The first-order chi connectivity index (χ1) is 10.6. The summed E-state index contributed by atoms with van der Waals surface area (Å²) in [6.45, 7) is 1.83. The van der Waals surface area contributed by atoms with E-state index in [1.165, 1.54) is 0 Å². The van der Waals surface area contributed by atoms with Gasteiger partial charge in [-0.2, -0.15) is 5.10 Å². The van der Waals surface area contributed by atoms with Gasteiger partial charge in [0.25, 0.3) is 0 Å². The summed E-state index contributed by atoms with van der Waals surface area (Å²) >= 11 is 1.56. The first kappa shape index (κ1) is 15.9. The molecule has 0 aliphatic rings. The lowest BCUT2D eigenvalue weighted by molar-refractivity contribution is -0.124. The largest absolute Gasteiger partial charge is 0.326 e. The van der Waals surface area contributed by atoms with Gasteiger partial charge in [-0.25, -0.2) is 5.43 Å². The van der Waals surface area contributed by atoms with Gasteiger partial charge >= 0.3 is 0 Å². The van der Waals surface area contributed by atoms with Crippen molar-refractivity contribution in [1.29, 1.82) is 0 Å². The van der Waals surface area contributed by atoms with E-state index in [1.807, 2.05) is 42.6 Å². The zero-order valence-corrected chi connectivity index (χ0v) is 13.0. The molecule has 1 aromatic carbocycles. The average molecular weight is 315 g/mol. The molecular formula is C16H17N3O2S. The number of hydrazone groups is 1. The summed E-state index contributed by atoms with van der Waals surface area (Å²) in [5.41, 5.74) is 3.93. The fraction of sp³-hybridized carbons (Fsp3) is 0.188. The van der Waals surface area contributed by atoms with Crippen LogP contribution in [0.2, 0.25) is 0 Å². The maximum absolute atomic E-state index is 11.7. The number of carbonyl (C=O) groups excluding carboxylic acids is 2. The van der Waals surface area contributed by atoms with E-state index in [-0.39, 0.29) is 24.7 Å². The Balaban J connectivity index is 1.73. The zero-order chi connectivity index (χ0) is 15.8. The molecule has 2 rings (SSSR count). The highest BCUT2D eigenvalue weighted by Crippen LogP contribution is 2.09. The molecule has 1 heterocycles.